The fraction of sp³-hybridized carbons (Fsp3) is 0.667. The predicted molar refractivity (Wildman–Crippen MR) is 87.5 cm³/mol. The van der Waals surface area contributed by atoms with E-state index in [9.17, 15) is 4.79 Å². The highest BCUT2D eigenvalue weighted by Gasteiger charge is 2.26. The Kier molecular flexibility index (Phi) is 7.00. The molecule has 3 atom stereocenters. The molecule has 1 aliphatic carbocycles. The minimum atomic E-state index is 0. The largest absolute Gasteiger partial charge is 0.353 e. The Balaban J connectivity index is 0.00000200. The van der Waals surface area contributed by atoms with Gasteiger partial charge in [-0.2, -0.15) is 0 Å². The molecule has 1 fully saturated rings. The molecule has 5 heteroatoms. The van der Waals surface area contributed by atoms with Crippen molar-refractivity contribution >= 4 is 29.7 Å². The quantitative estimate of drug-likeness (QED) is 0.897. The van der Waals surface area contributed by atoms with Crippen molar-refractivity contribution < 1.29 is 4.79 Å². The summed E-state index contributed by atoms with van der Waals surface area (Å²) in [6, 6.07) is 4.69. The highest BCUT2D eigenvalue weighted by atomic mass is 35.5. The van der Waals surface area contributed by atoms with Gasteiger partial charge in [0.05, 0.1) is 0 Å². The van der Waals surface area contributed by atoms with Crippen molar-refractivity contribution in [3.8, 4) is 0 Å². The number of hydrogen-bond acceptors (Lipinski definition) is 3. The summed E-state index contributed by atoms with van der Waals surface area (Å²) >= 11 is 1.81. The van der Waals surface area contributed by atoms with Crippen molar-refractivity contribution in [2.24, 2.45) is 11.7 Å². The molecular weight excluding hydrogens is 292 g/mol. The van der Waals surface area contributed by atoms with Crippen LogP contribution in [0.3, 0.4) is 0 Å². The Morgan fingerprint density at radius 3 is 2.85 bits per heavy atom. The van der Waals surface area contributed by atoms with Crippen molar-refractivity contribution in [1.29, 1.82) is 0 Å². The summed E-state index contributed by atoms with van der Waals surface area (Å²) in [5, 5.41) is 3.14. The number of amides is 1. The SMILES string of the molecule is Cc1ccc(CC(C)NC(=O)C2CCCC(N)C2)s1.Cl. The van der Waals surface area contributed by atoms with Crippen LogP contribution < -0.4 is 11.1 Å². The van der Waals surface area contributed by atoms with Crippen LogP contribution in [0.15, 0.2) is 12.1 Å². The molecule has 0 bridgehead atoms. The van der Waals surface area contributed by atoms with Crippen molar-refractivity contribution in [1.82, 2.24) is 5.32 Å². The Morgan fingerprint density at radius 2 is 2.25 bits per heavy atom. The molecule has 2 rings (SSSR count). The van der Waals surface area contributed by atoms with Gasteiger partial charge in [-0.05, 0) is 45.2 Å². The highest BCUT2D eigenvalue weighted by molar-refractivity contribution is 7.11. The summed E-state index contributed by atoms with van der Waals surface area (Å²) in [7, 11) is 0. The number of rotatable bonds is 4. The molecule has 3 unspecified atom stereocenters. The number of halogens is 1. The van der Waals surface area contributed by atoms with E-state index in [0.29, 0.717) is 0 Å². The zero-order valence-corrected chi connectivity index (χ0v) is 13.9. The monoisotopic (exact) mass is 316 g/mol. The van der Waals surface area contributed by atoms with Gasteiger partial charge in [-0.25, -0.2) is 0 Å². The summed E-state index contributed by atoms with van der Waals surface area (Å²) in [5.41, 5.74) is 5.94. The van der Waals surface area contributed by atoms with Crippen LogP contribution in [0.5, 0.6) is 0 Å². The first-order valence-corrected chi connectivity index (χ1v) is 7.97. The van der Waals surface area contributed by atoms with Crippen LogP contribution in [0, 0.1) is 12.8 Å². The van der Waals surface area contributed by atoms with Gasteiger partial charge in [0, 0.05) is 34.2 Å². The van der Waals surface area contributed by atoms with E-state index in [2.05, 4.69) is 31.3 Å². The molecule has 0 saturated heterocycles. The number of carbonyl (C=O) groups is 1. The Labute approximate surface area is 131 Å². The van der Waals surface area contributed by atoms with E-state index in [1.165, 1.54) is 9.75 Å². The fourth-order valence-electron chi connectivity index (χ4n) is 2.77. The zero-order valence-electron chi connectivity index (χ0n) is 12.2. The minimum absolute atomic E-state index is 0. The summed E-state index contributed by atoms with van der Waals surface area (Å²) in [6.45, 7) is 4.19. The van der Waals surface area contributed by atoms with Crippen LogP contribution in [0.2, 0.25) is 0 Å². The molecule has 3 N–H and O–H groups in total. The van der Waals surface area contributed by atoms with Crippen molar-refractivity contribution in [3.05, 3.63) is 21.9 Å². The number of thiophene rings is 1. The lowest BCUT2D eigenvalue weighted by Gasteiger charge is -2.27. The molecule has 1 heterocycles. The molecule has 0 aliphatic heterocycles. The van der Waals surface area contributed by atoms with E-state index in [0.717, 1.165) is 32.1 Å². The second kappa shape index (κ2) is 8.01. The van der Waals surface area contributed by atoms with Gasteiger partial charge in [-0.3, -0.25) is 4.79 Å². The minimum Gasteiger partial charge on any atom is -0.353 e. The molecule has 1 aromatic rings. The topological polar surface area (TPSA) is 55.1 Å². The highest BCUT2D eigenvalue weighted by Crippen LogP contribution is 2.23. The lowest BCUT2D eigenvalue weighted by molar-refractivity contribution is -0.126. The van der Waals surface area contributed by atoms with E-state index in [1.54, 1.807) is 0 Å². The number of carbonyl (C=O) groups excluding carboxylic acids is 1. The molecule has 0 spiro atoms. The molecule has 0 aromatic carbocycles. The van der Waals surface area contributed by atoms with E-state index in [-0.39, 0.29) is 36.3 Å². The summed E-state index contributed by atoms with van der Waals surface area (Å²) in [6.07, 6.45) is 4.90. The number of aryl methyl sites for hydroxylation is 1. The third-order valence-corrected chi connectivity index (χ3v) is 4.80. The van der Waals surface area contributed by atoms with Gasteiger partial charge in [0.2, 0.25) is 5.91 Å². The number of hydrogen-bond donors (Lipinski definition) is 2. The van der Waals surface area contributed by atoms with E-state index in [4.69, 9.17) is 5.73 Å². The van der Waals surface area contributed by atoms with Crippen LogP contribution in [0.25, 0.3) is 0 Å². The second-order valence-corrected chi connectivity index (χ2v) is 7.12. The zero-order chi connectivity index (χ0) is 13.8. The van der Waals surface area contributed by atoms with Gasteiger partial charge >= 0.3 is 0 Å². The van der Waals surface area contributed by atoms with Gasteiger partial charge in [0.15, 0.2) is 0 Å². The average molecular weight is 317 g/mol. The molecule has 1 amide bonds. The van der Waals surface area contributed by atoms with Crippen LogP contribution in [0.1, 0.15) is 42.4 Å². The molecule has 1 aliphatic rings. The average Bonchev–Trinajstić information content (AvgIpc) is 2.74. The summed E-state index contributed by atoms with van der Waals surface area (Å²) in [4.78, 5) is 14.9. The first-order chi connectivity index (χ1) is 9.04. The van der Waals surface area contributed by atoms with E-state index < -0.39 is 0 Å². The van der Waals surface area contributed by atoms with Crippen LogP contribution in [-0.2, 0) is 11.2 Å². The molecule has 1 saturated carbocycles. The lowest BCUT2D eigenvalue weighted by atomic mass is 9.85. The van der Waals surface area contributed by atoms with Gasteiger partial charge in [-0.1, -0.05) is 6.42 Å². The summed E-state index contributed by atoms with van der Waals surface area (Å²) in [5.74, 6) is 0.312. The fourth-order valence-corrected chi connectivity index (χ4v) is 3.79. The van der Waals surface area contributed by atoms with Crippen LogP contribution in [-0.4, -0.2) is 18.0 Å². The van der Waals surface area contributed by atoms with Crippen molar-refractivity contribution in [2.45, 2.75) is 58.0 Å². The first kappa shape index (κ1) is 17.5. The van der Waals surface area contributed by atoms with Gasteiger partial charge in [0.1, 0.15) is 0 Å². The van der Waals surface area contributed by atoms with Crippen LogP contribution >= 0.6 is 23.7 Å². The Hall–Kier alpha value is -0.580. The molecule has 20 heavy (non-hydrogen) atoms. The predicted octanol–water partition coefficient (Wildman–Crippen LogP) is 3.04. The number of nitrogens with one attached hydrogen (secondary N) is 1. The molecule has 114 valence electrons. The maximum atomic E-state index is 12.2. The molecular formula is C15H25ClN2OS. The normalized spacial score (nSPS) is 23.8. The standard InChI is InChI=1S/C15H24N2OS.ClH/c1-10(8-14-7-6-11(2)19-14)17-15(18)12-4-3-5-13(16)9-12;/h6-7,10,12-13H,3-5,8-9,16H2,1-2H3,(H,17,18);1H. The van der Waals surface area contributed by atoms with E-state index in [1.807, 2.05) is 11.3 Å². The second-order valence-electron chi connectivity index (χ2n) is 5.75. The smallest absolute Gasteiger partial charge is 0.223 e. The summed E-state index contributed by atoms with van der Waals surface area (Å²) < 4.78 is 0. The maximum absolute atomic E-state index is 12.2. The van der Waals surface area contributed by atoms with E-state index >= 15 is 0 Å². The van der Waals surface area contributed by atoms with Gasteiger partial charge in [-0.15, -0.1) is 23.7 Å². The molecule has 1 aromatic heterocycles. The Bertz CT molecular complexity index is 435. The van der Waals surface area contributed by atoms with Gasteiger partial charge in [0.25, 0.3) is 0 Å². The number of nitrogens with two attached hydrogens (primary N) is 1. The lowest BCUT2D eigenvalue weighted by Crippen LogP contribution is -2.42. The molecule has 3 nitrogen and oxygen atoms in total. The van der Waals surface area contributed by atoms with Crippen LogP contribution in [0.4, 0.5) is 0 Å². The van der Waals surface area contributed by atoms with Crippen molar-refractivity contribution in [3.63, 3.8) is 0 Å². The Morgan fingerprint density at radius 1 is 1.50 bits per heavy atom. The van der Waals surface area contributed by atoms with Crippen molar-refractivity contribution in [2.75, 3.05) is 0 Å². The van der Waals surface area contributed by atoms with Gasteiger partial charge < -0.3 is 11.1 Å². The first-order valence-electron chi connectivity index (χ1n) is 7.16. The maximum Gasteiger partial charge on any atom is 0.223 e. The third kappa shape index (κ3) is 5.08. The molecule has 0 radical (unpaired) electrons. The third-order valence-electron chi connectivity index (χ3n) is 3.78.